The number of carbonyl (C=O) groups excluding carboxylic acids is 2. The molecule has 0 bridgehead atoms. The average molecular weight is 489 g/mol. The zero-order valence-corrected chi connectivity index (χ0v) is 22.0. The van der Waals surface area contributed by atoms with Gasteiger partial charge in [-0.25, -0.2) is 4.79 Å². The molecular weight excluding hydrogens is 448 g/mol. The highest BCUT2D eigenvalue weighted by Gasteiger charge is 2.51. The molecule has 1 heterocycles. The maximum absolute atomic E-state index is 14.1. The van der Waals surface area contributed by atoms with Crippen LogP contribution in [0.5, 0.6) is 0 Å². The molecule has 192 valence electrons. The molecule has 1 fully saturated rings. The Morgan fingerprint density at radius 1 is 1.06 bits per heavy atom. The number of benzene rings is 2. The highest BCUT2D eigenvalue weighted by molar-refractivity contribution is 6.01. The summed E-state index contributed by atoms with van der Waals surface area (Å²) in [6.45, 7) is 15.8. The molecule has 0 unspecified atom stereocenters. The van der Waals surface area contributed by atoms with Crippen LogP contribution >= 0.6 is 0 Å². The van der Waals surface area contributed by atoms with Crippen molar-refractivity contribution in [3.05, 3.63) is 97.1 Å². The van der Waals surface area contributed by atoms with Gasteiger partial charge >= 0.3 is 6.09 Å². The van der Waals surface area contributed by atoms with Crippen molar-refractivity contribution in [2.45, 2.75) is 51.7 Å². The van der Waals surface area contributed by atoms with Crippen LogP contribution in [0.1, 0.15) is 49.5 Å². The van der Waals surface area contributed by atoms with Gasteiger partial charge in [0.15, 0.2) is 5.78 Å². The van der Waals surface area contributed by atoms with E-state index < -0.39 is 11.0 Å². The van der Waals surface area contributed by atoms with Crippen LogP contribution in [-0.2, 0) is 11.2 Å². The minimum absolute atomic E-state index is 0.0887. The van der Waals surface area contributed by atoms with Gasteiger partial charge in [0.2, 0.25) is 0 Å². The normalized spacial score (nSPS) is 20.0. The zero-order chi connectivity index (χ0) is 26.2. The Balaban J connectivity index is 1.96. The third-order valence-electron chi connectivity index (χ3n) is 6.74. The second-order valence-electron chi connectivity index (χ2n) is 10.7. The topological polar surface area (TPSA) is 49.9 Å². The fourth-order valence-corrected chi connectivity index (χ4v) is 5.18. The summed E-state index contributed by atoms with van der Waals surface area (Å²) < 4.78 is 5.71. The highest BCUT2D eigenvalue weighted by atomic mass is 16.6. The van der Waals surface area contributed by atoms with Crippen molar-refractivity contribution in [1.29, 1.82) is 0 Å². The lowest BCUT2D eigenvalue weighted by atomic mass is 9.74. The molecule has 0 N–H and O–H groups in total. The number of Topliss-reactive ketones (excluding diaryl/α,β-unsaturated/α-hetero) is 1. The molecule has 0 radical (unpaired) electrons. The maximum atomic E-state index is 14.1. The van der Waals surface area contributed by atoms with E-state index in [1.165, 1.54) is 5.56 Å². The van der Waals surface area contributed by atoms with Gasteiger partial charge in [-0.2, -0.15) is 0 Å². The molecule has 5 nitrogen and oxygen atoms in total. The summed E-state index contributed by atoms with van der Waals surface area (Å²) in [4.78, 5) is 31.2. The van der Waals surface area contributed by atoms with Crippen molar-refractivity contribution in [1.82, 2.24) is 9.80 Å². The first-order chi connectivity index (χ1) is 17.2. The van der Waals surface area contributed by atoms with E-state index in [1.807, 2.05) is 75.4 Å². The number of ketones is 1. The largest absolute Gasteiger partial charge is 0.444 e. The fourth-order valence-electron chi connectivity index (χ4n) is 5.18. The van der Waals surface area contributed by atoms with Crippen molar-refractivity contribution in [2.75, 3.05) is 26.2 Å². The molecule has 5 heteroatoms. The minimum atomic E-state index is -0.612. The first-order valence-electron chi connectivity index (χ1n) is 12.8. The zero-order valence-electron chi connectivity index (χ0n) is 22.0. The number of amides is 1. The van der Waals surface area contributed by atoms with E-state index in [0.717, 1.165) is 25.9 Å². The number of rotatable bonds is 11. The van der Waals surface area contributed by atoms with Gasteiger partial charge in [-0.15, -0.1) is 13.2 Å². The number of hydrogen-bond donors (Lipinski definition) is 0. The van der Waals surface area contributed by atoms with E-state index >= 15 is 0 Å². The van der Waals surface area contributed by atoms with E-state index in [2.05, 4.69) is 30.2 Å². The number of nitrogens with zero attached hydrogens (tertiary/aromatic N) is 2. The maximum Gasteiger partial charge on any atom is 0.410 e. The Kier molecular flexibility index (Phi) is 9.27. The summed E-state index contributed by atoms with van der Waals surface area (Å²) in [7, 11) is 0. The summed E-state index contributed by atoms with van der Waals surface area (Å²) in [5.74, 6) is 0.0887. The van der Waals surface area contributed by atoms with Gasteiger partial charge < -0.3 is 9.64 Å². The molecule has 1 aliphatic heterocycles. The lowest BCUT2D eigenvalue weighted by molar-refractivity contribution is 0.0141. The Hall–Kier alpha value is -3.18. The van der Waals surface area contributed by atoms with Crippen LogP contribution in [0.2, 0.25) is 0 Å². The number of hydrogen-bond acceptors (Lipinski definition) is 4. The van der Waals surface area contributed by atoms with Crippen LogP contribution in [0.4, 0.5) is 4.79 Å². The van der Waals surface area contributed by atoms with Crippen molar-refractivity contribution < 1.29 is 14.3 Å². The number of allylic oxidation sites excluding steroid dienone is 1. The van der Waals surface area contributed by atoms with Gasteiger partial charge in [0.1, 0.15) is 5.60 Å². The molecule has 3 rings (SSSR count). The molecule has 1 saturated heterocycles. The van der Waals surface area contributed by atoms with Gasteiger partial charge in [0, 0.05) is 30.6 Å². The van der Waals surface area contributed by atoms with Crippen molar-refractivity contribution >= 4 is 11.9 Å². The highest BCUT2D eigenvalue weighted by Crippen LogP contribution is 2.43. The SMILES string of the molecule is C=CCN(C[C@@]1(CC=C)CCN(CCc2ccccc2)[C@@H]1C(=O)c1ccccc1)C(=O)OC(C)(C)C. The second kappa shape index (κ2) is 12.2. The van der Waals surface area contributed by atoms with Crippen LogP contribution in [0, 0.1) is 5.41 Å². The molecule has 2 atom stereocenters. The molecule has 0 spiro atoms. The quantitative estimate of drug-likeness (QED) is 0.280. The predicted molar refractivity (Wildman–Crippen MR) is 146 cm³/mol. The van der Waals surface area contributed by atoms with E-state index in [9.17, 15) is 9.59 Å². The van der Waals surface area contributed by atoms with Gasteiger partial charge in [-0.3, -0.25) is 9.69 Å². The standard InChI is InChI=1S/C31H40N2O3/c1-6-19-31(24-33(21-7-2)29(35)36-30(3,4)5)20-23-32(22-18-25-14-10-8-11-15-25)28(31)27(34)26-16-12-9-13-17-26/h6-17,28H,1-2,18-24H2,3-5H3/t28-,31-/m1/s1. The Morgan fingerprint density at radius 2 is 1.69 bits per heavy atom. The van der Waals surface area contributed by atoms with E-state index in [4.69, 9.17) is 4.74 Å². The summed E-state index contributed by atoms with van der Waals surface area (Å²) in [5, 5.41) is 0. The summed E-state index contributed by atoms with van der Waals surface area (Å²) in [6, 6.07) is 19.4. The van der Waals surface area contributed by atoms with Crippen molar-refractivity contribution in [3.63, 3.8) is 0 Å². The van der Waals surface area contributed by atoms with E-state index in [-0.39, 0.29) is 17.9 Å². The van der Waals surface area contributed by atoms with Crippen LogP contribution in [-0.4, -0.2) is 59.5 Å². The van der Waals surface area contributed by atoms with Crippen LogP contribution in [0.3, 0.4) is 0 Å². The molecule has 1 amide bonds. The summed E-state index contributed by atoms with van der Waals surface area (Å²) in [6.07, 6.45) is 5.46. The first-order valence-corrected chi connectivity index (χ1v) is 12.8. The van der Waals surface area contributed by atoms with Crippen molar-refractivity contribution in [3.8, 4) is 0 Å². The van der Waals surface area contributed by atoms with Crippen LogP contribution in [0.25, 0.3) is 0 Å². The molecule has 0 saturated carbocycles. The molecule has 1 aliphatic rings. The second-order valence-corrected chi connectivity index (χ2v) is 10.7. The fraction of sp³-hybridized carbons (Fsp3) is 0.419. The van der Waals surface area contributed by atoms with Gasteiger partial charge in [0.25, 0.3) is 0 Å². The number of ether oxygens (including phenoxy) is 1. The average Bonchev–Trinajstić information content (AvgIpc) is 3.20. The van der Waals surface area contributed by atoms with Gasteiger partial charge in [-0.05, 0) is 52.1 Å². The van der Waals surface area contributed by atoms with E-state index in [0.29, 0.717) is 25.1 Å². The first kappa shape index (κ1) is 27.4. The van der Waals surface area contributed by atoms with Gasteiger partial charge in [-0.1, -0.05) is 72.8 Å². The van der Waals surface area contributed by atoms with Crippen molar-refractivity contribution in [2.24, 2.45) is 5.41 Å². The molecule has 0 aliphatic carbocycles. The summed E-state index contributed by atoms with van der Waals surface area (Å²) >= 11 is 0. The number of carbonyl (C=O) groups is 2. The summed E-state index contributed by atoms with van der Waals surface area (Å²) in [5.41, 5.74) is 0.839. The molecule has 0 aromatic heterocycles. The molecule has 2 aromatic carbocycles. The molecule has 2 aromatic rings. The lowest BCUT2D eigenvalue weighted by Crippen LogP contribution is -2.52. The van der Waals surface area contributed by atoms with Gasteiger partial charge in [0.05, 0.1) is 6.04 Å². The predicted octanol–water partition coefficient (Wildman–Crippen LogP) is 6.17. The number of likely N-dealkylation sites (tertiary alicyclic amines) is 1. The smallest absolute Gasteiger partial charge is 0.410 e. The minimum Gasteiger partial charge on any atom is -0.444 e. The lowest BCUT2D eigenvalue weighted by Gasteiger charge is -2.40. The Bertz CT molecular complexity index is 1030. The Labute approximate surface area is 216 Å². The molecular formula is C31H40N2O3. The van der Waals surface area contributed by atoms with E-state index in [1.54, 1.807) is 11.0 Å². The Morgan fingerprint density at radius 3 is 2.28 bits per heavy atom. The molecule has 36 heavy (non-hydrogen) atoms. The third-order valence-corrected chi connectivity index (χ3v) is 6.74. The monoisotopic (exact) mass is 488 g/mol. The van der Waals surface area contributed by atoms with Crippen LogP contribution in [0.15, 0.2) is 86.0 Å². The third kappa shape index (κ3) is 6.94. The van der Waals surface area contributed by atoms with Crippen LogP contribution < -0.4 is 0 Å².